The molecule has 1 unspecified atom stereocenters. The van der Waals surface area contributed by atoms with E-state index in [1.807, 2.05) is 19.3 Å². The van der Waals surface area contributed by atoms with Crippen molar-refractivity contribution in [3.63, 3.8) is 0 Å². The van der Waals surface area contributed by atoms with Crippen molar-refractivity contribution < 1.29 is 0 Å². The van der Waals surface area contributed by atoms with Crippen molar-refractivity contribution in [2.45, 2.75) is 36.7 Å². The maximum absolute atomic E-state index is 8.66. The molecule has 0 aliphatic rings. The van der Waals surface area contributed by atoms with E-state index in [-0.39, 0.29) is 5.25 Å². The Bertz CT molecular complexity index is 912. The second-order valence-corrected chi connectivity index (χ2v) is 7.29. The van der Waals surface area contributed by atoms with Gasteiger partial charge in [0.2, 0.25) is 0 Å². The summed E-state index contributed by atoms with van der Waals surface area (Å²) in [6.07, 6.45) is 5.30. The molecular formula is C17H17ClN6S. The van der Waals surface area contributed by atoms with Crippen molar-refractivity contribution in [3.05, 3.63) is 41.4 Å². The lowest BCUT2D eigenvalue weighted by atomic mass is 10.2. The highest BCUT2D eigenvalue weighted by atomic mass is 35.5. The highest BCUT2D eigenvalue weighted by Gasteiger charge is 2.13. The summed E-state index contributed by atoms with van der Waals surface area (Å²) in [6, 6.07) is 7.83. The second kappa shape index (κ2) is 7.72. The van der Waals surface area contributed by atoms with E-state index >= 15 is 0 Å². The lowest BCUT2D eigenvalue weighted by molar-refractivity contribution is 0.673. The molecule has 3 aromatic rings. The van der Waals surface area contributed by atoms with Crippen LogP contribution in [0.2, 0.25) is 5.15 Å². The zero-order valence-electron chi connectivity index (χ0n) is 13.7. The average Bonchev–Trinajstić information content (AvgIpc) is 2.96. The monoisotopic (exact) mass is 372 g/mol. The molecule has 0 radical (unpaired) electrons. The summed E-state index contributed by atoms with van der Waals surface area (Å²) >= 11 is 7.39. The number of hydrogen-bond donors (Lipinski definition) is 1. The number of aryl methyl sites for hydroxylation is 1. The molecule has 0 aromatic carbocycles. The summed E-state index contributed by atoms with van der Waals surface area (Å²) in [5.41, 5.74) is 7.72. The first-order valence-electron chi connectivity index (χ1n) is 7.85. The van der Waals surface area contributed by atoms with Crippen molar-refractivity contribution in [1.29, 1.82) is 5.26 Å². The van der Waals surface area contributed by atoms with Gasteiger partial charge in [0.15, 0.2) is 5.16 Å². The van der Waals surface area contributed by atoms with Gasteiger partial charge in [0, 0.05) is 30.6 Å². The highest BCUT2D eigenvalue weighted by Crippen LogP contribution is 2.33. The number of aromatic nitrogens is 4. The molecule has 3 rings (SSSR count). The molecule has 6 nitrogen and oxygen atoms in total. The largest absolute Gasteiger partial charge is 0.384 e. The standard InChI is InChI=1S/C17H17ClN6S/c1-11(25-17-22-15(18)9-16(20)23-17)13-8-12-4-7-24(6-3-2-5-19)14(12)10-21-13/h4,7-11H,2-3,6H2,1H3,(H2,20,22,23). The summed E-state index contributed by atoms with van der Waals surface area (Å²) in [6.45, 7) is 2.86. The fourth-order valence-corrected chi connectivity index (χ4v) is 3.65. The van der Waals surface area contributed by atoms with Crippen LogP contribution < -0.4 is 5.73 Å². The van der Waals surface area contributed by atoms with E-state index in [4.69, 9.17) is 22.6 Å². The number of anilines is 1. The maximum Gasteiger partial charge on any atom is 0.191 e. The quantitative estimate of drug-likeness (QED) is 0.301. The van der Waals surface area contributed by atoms with Gasteiger partial charge < -0.3 is 10.3 Å². The highest BCUT2D eigenvalue weighted by molar-refractivity contribution is 7.99. The zero-order chi connectivity index (χ0) is 17.8. The molecule has 3 aromatic heterocycles. The fourth-order valence-electron chi connectivity index (χ4n) is 2.54. The topological polar surface area (TPSA) is 93.4 Å². The number of nitrogen functional groups attached to an aromatic ring is 1. The van der Waals surface area contributed by atoms with Crippen LogP contribution in [0.4, 0.5) is 5.82 Å². The molecule has 25 heavy (non-hydrogen) atoms. The Morgan fingerprint density at radius 1 is 1.40 bits per heavy atom. The lowest BCUT2D eigenvalue weighted by Gasteiger charge is -2.11. The SMILES string of the molecule is CC(Sc1nc(N)cc(Cl)n1)c1cc2ccn(CCCC#N)c2cn1. The van der Waals surface area contributed by atoms with Gasteiger partial charge in [-0.1, -0.05) is 23.4 Å². The van der Waals surface area contributed by atoms with E-state index in [0.29, 0.717) is 22.5 Å². The average molecular weight is 373 g/mol. The molecule has 0 bridgehead atoms. The first kappa shape index (κ1) is 17.5. The number of nitrogens with two attached hydrogens (primary N) is 1. The Kier molecular flexibility index (Phi) is 5.41. The van der Waals surface area contributed by atoms with Gasteiger partial charge in [0.25, 0.3) is 0 Å². The van der Waals surface area contributed by atoms with Crippen LogP contribution in [-0.4, -0.2) is 19.5 Å². The van der Waals surface area contributed by atoms with Gasteiger partial charge in [0.05, 0.1) is 28.7 Å². The third-order valence-corrected chi connectivity index (χ3v) is 4.94. The number of unbranched alkanes of at least 4 members (excludes halogenated alkanes) is 1. The van der Waals surface area contributed by atoms with Gasteiger partial charge in [-0.15, -0.1) is 0 Å². The third-order valence-electron chi connectivity index (χ3n) is 3.76. The first-order chi connectivity index (χ1) is 12.1. The minimum Gasteiger partial charge on any atom is -0.384 e. The molecule has 0 fully saturated rings. The van der Waals surface area contributed by atoms with Crippen molar-refractivity contribution >= 4 is 40.1 Å². The molecule has 0 saturated heterocycles. The smallest absolute Gasteiger partial charge is 0.191 e. The number of thioether (sulfide) groups is 1. The second-order valence-electron chi connectivity index (χ2n) is 5.60. The Labute approximate surface area is 155 Å². The number of rotatable bonds is 6. The number of hydrogen-bond acceptors (Lipinski definition) is 6. The molecule has 128 valence electrons. The number of pyridine rings is 1. The van der Waals surface area contributed by atoms with Crippen LogP contribution in [-0.2, 0) is 6.54 Å². The molecular weight excluding hydrogens is 356 g/mol. The van der Waals surface area contributed by atoms with E-state index in [1.165, 1.54) is 17.8 Å². The normalized spacial score (nSPS) is 12.2. The Hall–Kier alpha value is -2.30. The Morgan fingerprint density at radius 3 is 3.00 bits per heavy atom. The number of nitriles is 1. The van der Waals surface area contributed by atoms with Gasteiger partial charge in [-0.05, 0) is 25.5 Å². The van der Waals surface area contributed by atoms with Crippen molar-refractivity contribution in [2.75, 3.05) is 5.73 Å². The summed E-state index contributed by atoms with van der Waals surface area (Å²) in [5, 5.41) is 10.7. The molecule has 8 heteroatoms. The molecule has 0 amide bonds. The van der Waals surface area contributed by atoms with Gasteiger partial charge in [0.1, 0.15) is 11.0 Å². The fraction of sp³-hybridized carbons (Fsp3) is 0.294. The van der Waals surface area contributed by atoms with Gasteiger partial charge in [-0.25, -0.2) is 9.97 Å². The number of nitrogens with zero attached hydrogens (tertiary/aromatic N) is 5. The molecule has 0 aliphatic heterocycles. The molecule has 0 spiro atoms. The van der Waals surface area contributed by atoms with E-state index in [9.17, 15) is 0 Å². The van der Waals surface area contributed by atoms with E-state index in [1.54, 1.807) is 0 Å². The molecule has 1 atom stereocenters. The van der Waals surface area contributed by atoms with Crippen LogP contribution in [0.5, 0.6) is 0 Å². The van der Waals surface area contributed by atoms with Crippen LogP contribution in [0.3, 0.4) is 0 Å². The summed E-state index contributed by atoms with van der Waals surface area (Å²) in [7, 11) is 0. The van der Waals surface area contributed by atoms with Crippen molar-refractivity contribution in [1.82, 2.24) is 19.5 Å². The predicted molar refractivity (Wildman–Crippen MR) is 100 cm³/mol. The van der Waals surface area contributed by atoms with Crippen molar-refractivity contribution in [3.8, 4) is 6.07 Å². The summed E-state index contributed by atoms with van der Waals surface area (Å²) in [4.78, 5) is 13.0. The lowest BCUT2D eigenvalue weighted by Crippen LogP contribution is -1.99. The molecule has 2 N–H and O–H groups in total. The number of fused-ring (bicyclic) bond motifs is 1. The molecule has 0 aliphatic carbocycles. The summed E-state index contributed by atoms with van der Waals surface area (Å²) in [5.74, 6) is 0.354. The molecule has 3 heterocycles. The minimum atomic E-state index is 0.0594. The zero-order valence-corrected chi connectivity index (χ0v) is 15.3. The summed E-state index contributed by atoms with van der Waals surface area (Å²) < 4.78 is 2.13. The molecule has 0 saturated carbocycles. The van der Waals surface area contributed by atoms with Crippen LogP contribution in [0.15, 0.2) is 35.7 Å². The van der Waals surface area contributed by atoms with Crippen LogP contribution in [0, 0.1) is 11.3 Å². The van der Waals surface area contributed by atoms with Crippen molar-refractivity contribution in [2.24, 2.45) is 0 Å². The van der Waals surface area contributed by atoms with Crippen LogP contribution >= 0.6 is 23.4 Å². The van der Waals surface area contributed by atoms with E-state index < -0.39 is 0 Å². The Balaban J connectivity index is 1.78. The van der Waals surface area contributed by atoms with Gasteiger partial charge in [-0.2, -0.15) is 5.26 Å². The van der Waals surface area contributed by atoms with E-state index in [0.717, 1.165) is 29.6 Å². The maximum atomic E-state index is 8.66. The predicted octanol–water partition coefficient (Wildman–Crippen LogP) is 4.22. The van der Waals surface area contributed by atoms with Crippen LogP contribution in [0.25, 0.3) is 10.9 Å². The van der Waals surface area contributed by atoms with Crippen LogP contribution in [0.1, 0.15) is 30.7 Å². The number of halogens is 1. The Morgan fingerprint density at radius 2 is 2.24 bits per heavy atom. The first-order valence-corrected chi connectivity index (χ1v) is 9.11. The van der Waals surface area contributed by atoms with E-state index in [2.05, 4.69) is 37.7 Å². The third kappa shape index (κ3) is 4.21. The van der Waals surface area contributed by atoms with Gasteiger partial charge >= 0.3 is 0 Å². The minimum absolute atomic E-state index is 0.0594. The van der Waals surface area contributed by atoms with Gasteiger partial charge in [-0.3, -0.25) is 4.98 Å².